The largest absolute Gasteiger partial charge is 0.446 e. The molecule has 1 amide bonds. The van der Waals surface area contributed by atoms with Crippen LogP contribution in [0, 0.1) is 12.8 Å². The first kappa shape index (κ1) is 20.0. The Hall–Kier alpha value is -2.29. The minimum Gasteiger partial charge on any atom is -0.344 e. The van der Waals surface area contributed by atoms with E-state index in [0.29, 0.717) is 11.4 Å². The van der Waals surface area contributed by atoms with Crippen LogP contribution in [0.2, 0.25) is 0 Å². The van der Waals surface area contributed by atoms with Crippen LogP contribution in [0.3, 0.4) is 0 Å². The lowest BCUT2D eigenvalue weighted by molar-refractivity contribution is -0.0328. The fraction of sp³-hybridized carbons (Fsp3) is 0.353. The molecule has 1 aromatic carbocycles. The maximum Gasteiger partial charge on any atom is 0.446 e. The number of alkyl halides is 3. The molecule has 0 aliphatic carbocycles. The van der Waals surface area contributed by atoms with Gasteiger partial charge in [-0.15, -0.1) is 0 Å². The molecule has 5 nitrogen and oxygen atoms in total. The van der Waals surface area contributed by atoms with E-state index in [0.717, 1.165) is 6.07 Å². The zero-order valence-electron chi connectivity index (χ0n) is 14.3. The number of nitrogens with one attached hydrogen (secondary N) is 2. The number of halogens is 3. The molecule has 2 aromatic rings. The summed E-state index contributed by atoms with van der Waals surface area (Å²) >= 11 is -0.192. The van der Waals surface area contributed by atoms with E-state index in [2.05, 4.69) is 15.3 Å². The number of carbonyl (C=O) groups excluding carboxylic acids is 1. The van der Waals surface area contributed by atoms with E-state index in [9.17, 15) is 22.8 Å². The Morgan fingerprint density at radius 3 is 2.35 bits per heavy atom. The molecular formula is C17H18F3N3O2S. The Kier molecular flexibility index (Phi) is 6.12. The highest BCUT2D eigenvalue weighted by molar-refractivity contribution is 8.00. The van der Waals surface area contributed by atoms with Crippen LogP contribution in [0.1, 0.15) is 41.8 Å². The highest BCUT2D eigenvalue weighted by Crippen LogP contribution is 2.37. The molecule has 0 radical (unpaired) electrons. The molecule has 1 atom stereocenters. The van der Waals surface area contributed by atoms with Gasteiger partial charge in [-0.3, -0.25) is 9.59 Å². The molecule has 9 heteroatoms. The van der Waals surface area contributed by atoms with Gasteiger partial charge in [-0.05, 0) is 42.3 Å². The first-order chi connectivity index (χ1) is 12.0. The normalized spacial score (nSPS) is 12.9. The Morgan fingerprint density at radius 2 is 1.85 bits per heavy atom. The van der Waals surface area contributed by atoms with Gasteiger partial charge in [0.1, 0.15) is 11.5 Å². The van der Waals surface area contributed by atoms with E-state index < -0.39 is 23.0 Å². The summed E-state index contributed by atoms with van der Waals surface area (Å²) < 4.78 is 37.3. The summed E-state index contributed by atoms with van der Waals surface area (Å²) in [5.74, 6) is -0.230. The van der Waals surface area contributed by atoms with Crippen LogP contribution in [0.5, 0.6) is 0 Å². The van der Waals surface area contributed by atoms with Gasteiger partial charge in [0.2, 0.25) is 0 Å². The van der Waals surface area contributed by atoms with Crippen molar-refractivity contribution < 1.29 is 18.0 Å². The van der Waals surface area contributed by atoms with Crippen molar-refractivity contribution in [1.29, 1.82) is 0 Å². The summed E-state index contributed by atoms with van der Waals surface area (Å²) in [4.78, 5) is 30.4. The number of hydrogen-bond donors (Lipinski definition) is 2. The topological polar surface area (TPSA) is 74.8 Å². The molecule has 0 fully saturated rings. The monoisotopic (exact) mass is 385 g/mol. The van der Waals surface area contributed by atoms with E-state index in [1.54, 1.807) is 19.1 Å². The van der Waals surface area contributed by atoms with Crippen LogP contribution in [-0.2, 0) is 0 Å². The second-order valence-corrected chi connectivity index (χ2v) is 7.17. The number of nitrogens with zero attached hydrogens (tertiary/aromatic N) is 1. The zero-order chi connectivity index (χ0) is 19.5. The Balaban J connectivity index is 2.20. The van der Waals surface area contributed by atoms with Gasteiger partial charge in [-0.1, -0.05) is 26.0 Å². The minimum absolute atomic E-state index is 0.0128. The zero-order valence-corrected chi connectivity index (χ0v) is 15.2. The van der Waals surface area contributed by atoms with Crippen molar-refractivity contribution in [3.05, 3.63) is 57.8 Å². The van der Waals surface area contributed by atoms with Crippen LogP contribution in [0.4, 0.5) is 13.2 Å². The molecule has 0 aliphatic rings. The fourth-order valence-corrected chi connectivity index (χ4v) is 2.96. The molecule has 26 heavy (non-hydrogen) atoms. The van der Waals surface area contributed by atoms with Gasteiger partial charge in [0.05, 0.1) is 6.04 Å². The molecule has 0 saturated carbocycles. The molecule has 1 unspecified atom stereocenters. The van der Waals surface area contributed by atoms with Crippen LogP contribution in [0.15, 0.2) is 40.0 Å². The molecule has 0 aliphatic heterocycles. The highest BCUT2D eigenvalue weighted by Gasteiger charge is 2.29. The van der Waals surface area contributed by atoms with Crippen molar-refractivity contribution in [2.75, 3.05) is 0 Å². The molecule has 1 heterocycles. The fourth-order valence-electron chi connectivity index (χ4n) is 2.42. The van der Waals surface area contributed by atoms with Crippen molar-refractivity contribution in [2.45, 2.75) is 37.2 Å². The van der Waals surface area contributed by atoms with E-state index in [-0.39, 0.29) is 28.3 Å². The van der Waals surface area contributed by atoms with Crippen LogP contribution >= 0.6 is 11.8 Å². The average Bonchev–Trinajstić information content (AvgIpc) is 2.50. The lowest BCUT2D eigenvalue weighted by Gasteiger charge is -2.23. The number of aryl methyl sites for hydroxylation is 1. The molecule has 1 aromatic heterocycles. The van der Waals surface area contributed by atoms with Gasteiger partial charge in [0.25, 0.3) is 11.5 Å². The van der Waals surface area contributed by atoms with Crippen LogP contribution < -0.4 is 10.9 Å². The maximum atomic E-state index is 12.4. The van der Waals surface area contributed by atoms with Gasteiger partial charge < -0.3 is 10.3 Å². The SMILES string of the molecule is Cc1nc(C(=O)NC(c2ccc(SC(F)(F)F)cc2)C(C)C)cc(=O)[nH]1. The van der Waals surface area contributed by atoms with Crippen molar-refractivity contribution in [3.63, 3.8) is 0 Å². The molecule has 0 saturated heterocycles. The first-order valence-electron chi connectivity index (χ1n) is 7.79. The number of hydrogen-bond acceptors (Lipinski definition) is 4. The van der Waals surface area contributed by atoms with E-state index in [1.165, 1.54) is 12.1 Å². The van der Waals surface area contributed by atoms with Crippen molar-refractivity contribution in [2.24, 2.45) is 5.92 Å². The maximum absolute atomic E-state index is 12.4. The first-order valence-corrected chi connectivity index (χ1v) is 8.61. The molecule has 0 bridgehead atoms. The summed E-state index contributed by atoms with van der Waals surface area (Å²) in [6.07, 6.45) is 0. The number of amides is 1. The third kappa shape index (κ3) is 5.62. The van der Waals surface area contributed by atoms with Gasteiger partial charge in [-0.2, -0.15) is 13.2 Å². The van der Waals surface area contributed by atoms with E-state index in [4.69, 9.17) is 0 Å². The van der Waals surface area contributed by atoms with E-state index >= 15 is 0 Å². The number of aromatic nitrogens is 2. The summed E-state index contributed by atoms with van der Waals surface area (Å²) in [6.45, 7) is 5.31. The van der Waals surface area contributed by atoms with Crippen molar-refractivity contribution in [3.8, 4) is 0 Å². The number of H-pyrrole nitrogens is 1. The Morgan fingerprint density at radius 1 is 1.23 bits per heavy atom. The van der Waals surface area contributed by atoms with Gasteiger partial charge >= 0.3 is 5.51 Å². The van der Waals surface area contributed by atoms with Crippen molar-refractivity contribution in [1.82, 2.24) is 15.3 Å². The van der Waals surface area contributed by atoms with Crippen LogP contribution in [0.25, 0.3) is 0 Å². The second kappa shape index (κ2) is 7.94. The molecule has 2 rings (SSSR count). The summed E-state index contributed by atoms with van der Waals surface area (Å²) in [5.41, 5.74) is -4.13. The Labute approximate surface area is 152 Å². The molecule has 140 valence electrons. The quantitative estimate of drug-likeness (QED) is 0.768. The summed E-state index contributed by atoms with van der Waals surface area (Å²) in [6, 6.07) is 6.50. The number of rotatable bonds is 5. The minimum atomic E-state index is -4.35. The molecule has 0 spiro atoms. The molecule has 2 N–H and O–H groups in total. The predicted octanol–water partition coefficient (Wildman–Crippen LogP) is 3.82. The average molecular weight is 385 g/mol. The lowest BCUT2D eigenvalue weighted by atomic mass is 9.96. The van der Waals surface area contributed by atoms with Gasteiger partial charge in [0.15, 0.2) is 0 Å². The smallest absolute Gasteiger partial charge is 0.344 e. The van der Waals surface area contributed by atoms with Gasteiger partial charge in [-0.25, -0.2) is 4.98 Å². The van der Waals surface area contributed by atoms with Gasteiger partial charge in [0, 0.05) is 11.0 Å². The predicted molar refractivity (Wildman–Crippen MR) is 93.0 cm³/mol. The van der Waals surface area contributed by atoms with Crippen molar-refractivity contribution >= 4 is 17.7 Å². The third-order valence-electron chi connectivity index (χ3n) is 3.52. The lowest BCUT2D eigenvalue weighted by Crippen LogP contribution is -2.33. The summed E-state index contributed by atoms with van der Waals surface area (Å²) in [7, 11) is 0. The molecular weight excluding hydrogens is 367 g/mol. The highest BCUT2D eigenvalue weighted by atomic mass is 32.2. The number of thioether (sulfide) groups is 1. The summed E-state index contributed by atoms with van der Waals surface area (Å²) in [5, 5.41) is 2.79. The second-order valence-electron chi connectivity index (χ2n) is 6.03. The Bertz CT molecular complexity index is 832. The van der Waals surface area contributed by atoms with E-state index in [1.807, 2.05) is 13.8 Å². The number of carbonyl (C=O) groups is 1. The van der Waals surface area contributed by atoms with Crippen LogP contribution in [-0.4, -0.2) is 21.4 Å². The standard InChI is InChI=1S/C17H18F3N3O2S/c1-9(2)15(11-4-6-12(7-5-11)26-17(18,19)20)23-16(25)13-8-14(24)22-10(3)21-13/h4-9,15H,1-3H3,(H,23,25)(H,21,22,24). The third-order valence-corrected chi connectivity index (χ3v) is 4.26. The number of benzene rings is 1. The number of aromatic amines is 1.